The van der Waals surface area contributed by atoms with Gasteiger partial charge in [-0.15, -0.1) is 0 Å². The zero-order valence-electron chi connectivity index (χ0n) is 12.7. The molecule has 2 unspecified atom stereocenters. The molecule has 2 atom stereocenters. The minimum Gasteiger partial charge on any atom is -0.481 e. The van der Waals surface area contributed by atoms with Crippen LogP contribution in [0, 0.1) is 0 Å². The Morgan fingerprint density at radius 2 is 2.05 bits per heavy atom. The largest absolute Gasteiger partial charge is 0.481 e. The number of nitrogens with zero attached hydrogens (tertiary/aromatic N) is 2. The molecule has 2 aliphatic rings. The Balaban J connectivity index is 1.75. The van der Waals surface area contributed by atoms with Crippen molar-refractivity contribution in [1.29, 1.82) is 0 Å². The zero-order chi connectivity index (χ0) is 14.9. The predicted molar refractivity (Wildman–Crippen MR) is 82.5 cm³/mol. The molecule has 2 aliphatic heterocycles. The van der Waals surface area contributed by atoms with Gasteiger partial charge in [-0.05, 0) is 31.9 Å². The van der Waals surface area contributed by atoms with E-state index in [2.05, 4.69) is 9.80 Å². The minimum absolute atomic E-state index is 0.594. The number of hydrogen-bond donors (Lipinski definition) is 1. The molecule has 2 fully saturated rings. The van der Waals surface area contributed by atoms with Crippen molar-refractivity contribution in [3.05, 3.63) is 35.9 Å². The molecule has 4 nitrogen and oxygen atoms in total. The lowest BCUT2D eigenvalue weighted by Gasteiger charge is -2.41. The maximum atomic E-state index is 11.9. The van der Waals surface area contributed by atoms with Crippen LogP contribution in [0.5, 0.6) is 0 Å². The molecule has 0 bridgehead atoms. The van der Waals surface area contributed by atoms with Crippen molar-refractivity contribution in [1.82, 2.24) is 9.80 Å². The van der Waals surface area contributed by atoms with Gasteiger partial charge in [0.05, 0.1) is 0 Å². The highest BCUT2D eigenvalue weighted by Gasteiger charge is 2.39. The van der Waals surface area contributed by atoms with Crippen molar-refractivity contribution in [2.75, 3.05) is 32.7 Å². The Morgan fingerprint density at radius 1 is 1.29 bits per heavy atom. The standard InChI is InChI=1S/C17H24N2O2/c1-17(16(20)21,14-6-3-2-4-7-14)13-18-10-11-19-9-5-8-15(19)12-18/h2-4,6-7,15H,5,8-13H2,1H3,(H,20,21). The van der Waals surface area contributed by atoms with E-state index in [0.29, 0.717) is 12.6 Å². The molecule has 2 saturated heterocycles. The van der Waals surface area contributed by atoms with Crippen LogP contribution in [0.2, 0.25) is 0 Å². The molecule has 114 valence electrons. The minimum atomic E-state index is -0.831. The summed E-state index contributed by atoms with van der Waals surface area (Å²) in [5, 5.41) is 9.77. The summed E-state index contributed by atoms with van der Waals surface area (Å²) in [6.07, 6.45) is 2.54. The average Bonchev–Trinajstić information content (AvgIpc) is 2.95. The van der Waals surface area contributed by atoms with Gasteiger partial charge in [-0.25, -0.2) is 0 Å². The van der Waals surface area contributed by atoms with Crippen molar-refractivity contribution in [2.45, 2.75) is 31.2 Å². The fourth-order valence-corrected chi connectivity index (χ4v) is 3.73. The summed E-state index contributed by atoms with van der Waals surface area (Å²) in [6.45, 7) is 6.73. The van der Waals surface area contributed by atoms with Crippen LogP contribution in [0.1, 0.15) is 25.3 Å². The van der Waals surface area contributed by atoms with E-state index in [-0.39, 0.29) is 0 Å². The smallest absolute Gasteiger partial charge is 0.315 e. The Bertz CT molecular complexity index is 505. The molecule has 1 aromatic carbocycles. The van der Waals surface area contributed by atoms with Crippen LogP contribution in [-0.2, 0) is 10.2 Å². The molecule has 2 heterocycles. The third-order valence-electron chi connectivity index (χ3n) is 5.09. The molecule has 21 heavy (non-hydrogen) atoms. The number of benzene rings is 1. The summed E-state index contributed by atoms with van der Waals surface area (Å²) in [5.74, 6) is -0.734. The van der Waals surface area contributed by atoms with Crippen LogP contribution in [0.4, 0.5) is 0 Å². The number of aliphatic carboxylic acids is 1. The van der Waals surface area contributed by atoms with Crippen molar-refractivity contribution < 1.29 is 9.90 Å². The molecule has 0 aliphatic carbocycles. The van der Waals surface area contributed by atoms with Gasteiger partial charge in [0, 0.05) is 32.2 Å². The molecule has 0 amide bonds. The molecule has 3 rings (SSSR count). The Morgan fingerprint density at radius 3 is 2.76 bits per heavy atom. The lowest BCUT2D eigenvalue weighted by atomic mass is 9.81. The topological polar surface area (TPSA) is 43.8 Å². The molecular formula is C17H24N2O2. The summed E-state index contributed by atoms with van der Waals surface area (Å²) < 4.78 is 0. The van der Waals surface area contributed by atoms with E-state index in [1.54, 1.807) is 0 Å². The summed E-state index contributed by atoms with van der Waals surface area (Å²) in [7, 11) is 0. The van der Waals surface area contributed by atoms with Crippen LogP contribution >= 0.6 is 0 Å². The summed E-state index contributed by atoms with van der Waals surface area (Å²) in [4.78, 5) is 16.8. The molecule has 1 aromatic rings. The summed E-state index contributed by atoms with van der Waals surface area (Å²) in [6, 6.07) is 10.3. The molecule has 0 aromatic heterocycles. The van der Waals surface area contributed by atoms with Gasteiger partial charge in [0.1, 0.15) is 5.41 Å². The monoisotopic (exact) mass is 288 g/mol. The van der Waals surface area contributed by atoms with Gasteiger partial charge in [-0.1, -0.05) is 30.3 Å². The molecule has 0 saturated carbocycles. The fourth-order valence-electron chi connectivity index (χ4n) is 3.73. The van der Waals surface area contributed by atoms with E-state index in [1.807, 2.05) is 37.3 Å². The van der Waals surface area contributed by atoms with Crippen LogP contribution in [0.25, 0.3) is 0 Å². The number of piperazine rings is 1. The summed E-state index contributed by atoms with van der Waals surface area (Å²) >= 11 is 0. The van der Waals surface area contributed by atoms with Gasteiger partial charge in [-0.2, -0.15) is 0 Å². The molecule has 1 N–H and O–H groups in total. The number of carboxylic acids is 1. The van der Waals surface area contributed by atoms with Crippen LogP contribution < -0.4 is 0 Å². The first-order chi connectivity index (χ1) is 10.1. The van der Waals surface area contributed by atoms with Crippen LogP contribution in [0.15, 0.2) is 30.3 Å². The van der Waals surface area contributed by atoms with E-state index >= 15 is 0 Å². The van der Waals surface area contributed by atoms with Gasteiger partial charge in [0.15, 0.2) is 0 Å². The van der Waals surface area contributed by atoms with Crippen LogP contribution in [0.3, 0.4) is 0 Å². The quantitative estimate of drug-likeness (QED) is 0.917. The van der Waals surface area contributed by atoms with E-state index < -0.39 is 11.4 Å². The molecule has 0 radical (unpaired) electrons. The summed E-state index contributed by atoms with van der Waals surface area (Å²) in [5.41, 5.74) is 0.0635. The number of carboxylic acid groups (broad SMARTS) is 1. The second-order valence-electron chi connectivity index (χ2n) is 6.57. The number of carbonyl (C=O) groups is 1. The van der Waals surface area contributed by atoms with E-state index in [0.717, 1.165) is 25.2 Å². The zero-order valence-corrected chi connectivity index (χ0v) is 12.7. The number of hydrogen-bond acceptors (Lipinski definition) is 3. The Labute approximate surface area is 126 Å². The second-order valence-corrected chi connectivity index (χ2v) is 6.57. The first kappa shape index (κ1) is 14.5. The Hall–Kier alpha value is -1.39. The highest BCUT2D eigenvalue weighted by atomic mass is 16.4. The van der Waals surface area contributed by atoms with Gasteiger partial charge < -0.3 is 5.11 Å². The van der Waals surface area contributed by atoms with Gasteiger partial charge in [-0.3, -0.25) is 14.6 Å². The molecule has 0 spiro atoms. The van der Waals surface area contributed by atoms with E-state index in [4.69, 9.17) is 0 Å². The predicted octanol–water partition coefficient (Wildman–Crippen LogP) is 1.81. The SMILES string of the molecule is CC(CN1CCN2CCCC2C1)(C(=O)O)c1ccccc1. The van der Waals surface area contributed by atoms with E-state index in [1.165, 1.54) is 19.4 Å². The average molecular weight is 288 g/mol. The van der Waals surface area contributed by atoms with Crippen molar-refractivity contribution in [2.24, 2.45) is 0 Å². The third kappa shape index (κ3) is 2.83. The second kappa shape index (κ2) is 5.78. The fraction of sp³-hybridized carbons (Fsp3) is 0.588. The lowest BCUT2D eigenvalue weighted by Crippen LogP contribution is -2.54. The van der Waals surface area contributed by atoms with Crippen molar-refractivity contribution >= 4 is 5.97 Å². The van der Waals surface area contributed by atoms with Crippen molar-refractivity contribution in [3.8, 4) is 0 Å². The van der Waals surface area contributed by atoms with Gasteiger partial charge >= 0.3 is 5.97 Å². The number of rotatable bonds is 4. The Kier molecular flexibility index (Phi) is 4.00. The highest BCUT2D eigenvalue weighted by Crippen LogP contribution is 2.28. The van der Waals surface area contributed by atoms with Crippen molar-refractivity contribution in [3.63, 3.8) is 0 Å². The first-order valence-corrected chi connectivity index (χ1v) is 7.85. The normalized spacial score (nSPS) is 26.2. The lowest BCUT2D eigenvalue weighted by molar-refractivity contribution is -0.144. The van der Waals surface area contributed by atoms with E-state index in [9.17, 15) is 9.90 Å². The maximum absolute atomic E-state index is 11.9. The molecular weight excluding hydrogens is 264 g/mol. The third-order valence-corrected chi connectivity index (χ3v) is 5.09. The van der Waals surface area contributed by atoms with Gasteiger partial charge in [0.25, 0.3) is 0 Å². The van der Waals surface area contributed by atoms with Crippen LogP contribution in [-0.4, -0.2) is 59.6 Å². The number of fused-ring (bicyclic) bond motifs is 1. The maximum Gasteiger partial charge on any atom is 0.315 e. The first-order valence-electron chi connectivity index (χ1n) is 7.85. The van der Waals surface area contributed by atoms with Gasteiger partial charge in [0.2, 0.25) is 0 Å². The highest BCUT2D eigenvalue weighted by molar-refractivity contribution is 5.81. The molecule has 4 heteroatoms.